The van der Waals surface area contributed by atoms with Crippen molar-refractivity contribution in [2.24, 2.45) is 11.7 Å². The zero-order chi connectivity index (χ0) is 13.9. The van der Waals surface area contributed by atoms with Gasteiger partial charge in [0.05, 0.1) is 11.7 Å². The van der Waals surface area contributed by atoms with Crippen LogP contribution in [0, 0.1) is 23.4 Å². The number of nitrogens with one attached hydrogen (secondary N) is 1. The summed E-state index contributed by atoms with van der Waals surface area (Å²) in [7, 11) is 0. The third-order valence-electron chi connectivity index (χ3n) is 2.36. The minimum atomic E-state index is -1.62. The molecule has 0 aromatic heterocycles. The minimum Gasteiger partial charge on any atom is -0.322 e. The number of halogens is 3. The zero-order valence-corrected chi connectivity index (χ0v) is 10.1. The summed E-state index contributed by atoms with van der Waals surface area (Å²) in [5.74, 6) is -4.79. The van der Waals surface area contributed by atoms with Crippen LogP contribution in [0.2, 0.25) is 0 Å². The molecule has 6 heteroatoms. The summed E-state index contributed by atoms with van der Waals surface area (Å²) in [4.78, 5) is 11.6. The van der Waals surface area contributed by atoms with Crippen molar-refractivity contribution in [3.8, 4) is 0 Å². The summed E-state index contributed by atoms with van der Waals surface area (Å²) >= 11 is 0. The molecule has 18 heavy (non-hydrogen) atoms. The molecule has 0 saturated heterocycles. The van der Waals surface area contributed by atoms with Gasteiger partial charge in [0, 0.05) is 0 Å². The number of rotatable bonds is 4. The molecule has 0 heterocycles. The van der Waals surface area contributed by atoms with E-state index in [1.807, 2.05) is 13.8 Å². The summed E-state index contributed by atoms with van der Waals surface area (Å²) in [6.45, 7) is 3.76. The summed E-state index contributed by atoms with van der Waals surface area (Å²) in [6, 6.07) is 0.868. The molecule has 1 atom stereocenters. The van der Waals surface area contributed by atoms with Gasteiger partial charge in [0.15, 0.2) is 17.5 Å². The number of hydrogen-bond donors (Lipinski definition) is 2. The van der Waals surface area contributed by atoms with Gasteiger partial charge in [-0.2, -0.15) is 0 Å². The lowest BCUT2D eigenvalue weighted by Gasteiger charge is -2.14. The van der Waals surface area contributed by atoms with Crippen LogP contribution in [0.25, 0.3) is 0 Å². The highest BCUT2D eigenvalue weighted by atomic mass is 19.2. The zero-order valence-electron chi connectivity index (χ0n) is 10.1. The standard InChI is InChI=1S/C12H15F3N2O/c1-6(2)5-8(16)12(18)17-9-4-3-7(13)10(14)11(9)15/h3-4,6,8H,5,16H2,1-2H3,(H,17,18)/t8-/m0/s1. The molecular formula is C12H15F3N2O. The van der Waals surface area contributed by atoms with Crippen molar-refractivity contribution in [3.05, 3.63) is 29.6 Å². The van der Waals surface area contributed by atoms with Gasteiger partial charge in [-0.25, -0.2) is 13.2 Å². The maximum absolute atomic E-state index is 13.3. The lowest BCUT2D eigenvalue weighted by Crippen LogP contribution is -2.36. The van der Waals surface area contributed by atoms with Gasteiger partial charge in [0.2, 0.25) is 5.91 Å². The number of benzene rings is 1. The fourth-order valence-corrected chi connectivity index (χ4v) is 1.46. The van der Waals surface area contributed by atoms with Gasteiger partial charge in [-0.05, 0) is 24.5 Å². The van der Waals surface area contributed by atoms with E-state index < -0.39 is 35.1 Å². The molecule has 3 nitrogen and oxygen atoms in total. The van der Waals surface area contributed by atoms with Crippen LogP contribution >= 0.6 is 0 Å². The van der Waals surface area contributed by atoms with Crippen LogP contribution in [0.15, 0.2) is 12.1 Å². The average molecular weight is 260 g/mol. The Balaban J connectivity index is 2.79. The summed E-state index contributed by atoms with van der Waals surface area (Å²) in [5.41, 5.74) is 5.16. The Morgan fingerprint density at radius 2 is 1.89 bits per heavy atom. The summed E-state index contributed by atoms with van der Waals surface area (Å²) in [6.07, 6.45) is 0.414. The first kappa shape index (κ1) is 14.5. The maximum Gasteiger partial charge on any atom is 0.241 e. The molecule has 0 saturated carbocycles. The SMILES string of the molecule is CC(C)C[C@H](N)C(=O)Nc1ccc(F)c(F)c1F. The van der Waals surface area contributed by atoms with E-state index in [2.05, 4.69) is 5.32 Å². The smallest absolute Gasteiger partial charge is 0.241 e. The number of nitrogens with two attached hydrogens (primary N) is 1. The van der Waals surface area contributed by atoms with Crippen molar-refractivity contribution in [1.82, 2.24) is 0 Å². The van der Waals surface area contributed by atoms with Gasteiger partial charge in [0.25, 0.3) is 0 Å². The number of hydrogen-bond acceptors (Lipinski definition) is 2. The predicted molar refractivity (Wildman–Crippen MR) is 62.4 cm³/mol. The van der Waals surface area contributed by atoms with Crippen molar-refractivity contribution >= 4 is 11.6 Å². The van der Waals surface area contributed by atoms with Gasteiger partial charge >= 0.3 is 0 Å². The molecular weight excluding hydrogens is 245 g/mol. The fourth-order valence-electron chi connectivity index (χ4n) is 1.46. The molecule has 0 aliphatic rings. The second-order valence-corrected chi connectivity index (χ2v) is 4.45. The van der Waals surface area contributed by atoms with E-state index in [0.717, 1.165) is 12.1 Å². The van der Waals surface area contributed by atoms with E-state index in [9.17, 15) is 18.0 Å². The van der Waals surface area contributed by atoms with Gasteiger partial charge in [0.1, 0.15) is 0 Å². The second-order valence-electron chi connectivity index (χ2n) is 4.45. The predicted octanol–water partition coefficient (Wildman–Crippen LogP) is 2.42. The molecule has 0 bridgehead atoms. The van der Waals surface area contributed by atoms with E-state index >= 15 is 0 Å². The molecule has 0 unspecified atom stereocenters. The van der Waals surface area contributed by atoms with Crippen molar-refractivity contribution in [2.45, 2.75) is 26.3 Å². The Kier molecular flexibility index (Phi) is 4.72. The van der Waals surface area contributed by atoms with Crippen LogP contribution in [-0.4, -0.2) is 11.9 Å². The highest BCUT2D eigenvalue weighted by molar-refractivity contribution is 5.94. The molecule has 0 radical (unpaired) electrons. The van der Waals surface area contributed by atoms with Crippen LogP contribution < -0.4 is 11.1 Å². The molecule has 1 aromatic carbocycles. The van der Waals surface area contributed by atoms with Crippen LogP contribution in [0.5, 0.6) is 0 Å². The van der Waals surface area contributed by atoms with Crippen LogP contribution in [0.3, 0.4) is 0 Å². The van der Waals surface area contributed by atoms with E-state index in [1.54, 1.807) is 0 Å². The van der Waals surface area contributed by atoms with E-state index in [0.29, 0.717) is 6.42 Å². The lowest BCUT2D eigenvalue weighted by atomic mass is 10.0. The van der Waals surface area contributed by atoms with Gasteiger partial charge in [-0.3, -0.25) is 4.79 Å². The van der Waals surface area contributed by atoms with Crippen LogP contribution in [0.1, 0.15) is 20.3 Å². The molecule has 1 amide bonds. The van der Waals surface area contributed by atoms with Crippen LogP contribution in [0.4, 0.5) is 18.9 Å². The minimum absolute atomic E-state index is 0.195. The average Bonchev–Trinajstić information content (AvgIpc) is 2.29. The quantitative estimate of drug-likeness (QED) is 0.817. The van der Waals surface area contributed by atoms with Gasteiger partial charge in [-0.15, -0.1) is 0 Å². The summed E-state index contributed by atoms with van der Waals surface area (Å²) in [5, 5.41) is 2.14. The summed E-state index contributed by atoms with van der Waals surface area (Å²) < 4.78 is 38.9. The molecule has 100 valence electrons. The Labute approximate surface area is 103 Å². The van der Waals surface area contributed by atoms with Crippen molar-refractivity contribution in [3.63, 3.8) is 0 Å². The molecule has 0 aliphatic heterocycles. The number of anilines is 1. The van der Waals surface area contributed by atoms with Gasteiger partial charge < -0.3 is 11.1 Å². The second kappa shape index (κ2) is 5.86. The topological polar surface area (TPSA) is 55.1 Å². The molecule has 0 spiro atoms. The Bertz CT molecular complexity index is 449. The molecule has 0 fully saturated rings. The van der Waals surface area contributed by atoms with Crippen LogP contribution in [-0.2, 0) is 4.79 Å². The Morgan fingerprint density at radius 3 is 2.44 bits per heavy atom. The van der Waals surface area contributed by atoms with E-state index in [1.165, 1.54) is 0 Å². The maximum atomic E-state index is 13.3. The highest BCUT2D eigenvalue weighted by Gasteiger charge is 2.19. The first-order valence-electron chi connectivity index (χ1n) is 5.52. The molecule has 1 rings (SSSR count). The first-order valence-corrected chi connectivity index (χ1v) is 5.52. The molecule has 3 N–H and O–H groups in total. The third kappa shape index (κ3) is 3.46. The van der Waals surface area contributed by atoms with Crippen molar-refractivity contribution in [1.29, 1.82) is 0 Å². The monoisotopic (exact) mass is 260 g/mol. The normalized spacial score (nSPS) is 12.6. The highest BCUT2D eigenvalue weighted by Crippen LogP contribution is 2.20. The number of carbonyl (C=O) groups is 1. The molecule has 0 aliphatic carbocycles. The largest absolute Gasteiger partial charge is 0.322 e. The van der Waals surface area contributed by atoms with Crippen molar-refractivity contribution < 1.29 is 18.0 Å². The lowest BCUT2D eigenvalue weighted by molar-refractivity contribution is -0.117. The van der Waals surface area contributed by atoms with E-state index in [-0.39, 0.29) is 5.92 Å². The van der Waals surface area contributed by atoms with E-state index in [4.69, 9.17) is 5.73 Å². The number of amides is 1. The fraction of sp³-hybridized carbons (Fsp3) is 0.417. The van der Waals surface area contributed by atoms with Gasteiger partial charge in [-0.1, -0.05) is 13.8 Å². The Hall–Kier alpha value is -1.56. The third-order valence-corrected chi connectivity index (χ3v) is 2.36. The number of carbonyl (C=O) groups excluding carboxylic acids is 1. The first-order chi connectivity index (χ1) is 8.32. The molecule has 1 aromatic rings. The van der Waals surface area contributed by atoms with Crippen molar-refractivity contribution in [2.75, 3.05) is 5.32 Å². The Morgan fingerprint density at radius 1 is 1.28 bits per heavy atom.